The largest absolute Gasteiger partial charge is 0.481 e. The first kappa shape index (κ1) is 25.4. The number of benzene rings is 2. The van der Waals surface area contributed by atoms with Crippen molar-refractivity contribution in [1.29, 1.82) is 0 Å². The summed E-state index contributed by atoms with van der Waals surface area (Å²) in [6.45, 7) is 3.90. The maximum Gasteiger partial charge on any atom is 0.310 e. The summed E-state index contributed by atoms with van der Waals surface area (Å²) in [5, 5.41) is 8.75. The maximum absolute atomic E-state index is 13.6. The lowest BCUT2D eigenvalue weighted by Crippen LogP contribution is -2.14. The minimum Gasteiger partial charge on any atom is -0.481 e. The van der Waals surface area contributed by atoms with Gasteiger partial charge in [-0.15, -0.1) is 0 Å². The van der Waals surface area contributed by atoms with Gasteiger partial charge in [0.05, 0.1) is 17.5 Å². The second-order valence-electron chi connectivity index (χ2n) is 8.37. The number of hydrogen-bond donors (Lipinski definition) is 2. The molecule has 1 heterocycles. The summed E-state index contributed by atoms with van der Waals surface area (Å²) < 4.78 is 26.3. The third kappa shape index (κ3) is 6.65. The molecule has 0 saturated carbocycles. The highest BCUT2D eigenvalue weighted by atomic mass is 31.2. The van der Waals surface area contributed by atoms with E-state index in [1.165, 1.54) is 12.1 Å². The van der Waals surface area contributed by atoms with Crippen LogP contribution in [0, 0.1) is 5.82 Å². The standard InChI is InChI=1S/C25H26FN2O5P/c1-16(2)23-21(12-13-34(32,33)15-20(29)14-22(30)31)24(17-8-10-19(26)11-9-17)28-25(27-23)18-6-4-3-5-7-18/h3-11,16H,12-15H2,1-2H3,(H,30,31)(H,32,33). The van der Waals surface area contributed by atoms with Gasteiger partial charge >= 0.3 is 5.97 Å². The molecule has 0 aliphatic heterocycles. The van der Waals surface area contributed by atoms with Crippen LogP contribution in [0.15, 0.2) is 54.6 Å². The minimum absolute atomic E-state index is 0.0496. The van der Waals surface area contributed by atoms with E-state index < -0.39 is 37.5 Å². The second-order valence-corrected chi connectivity index (χ2v) is 10.8. The van der Waals surface area contributed by atoms with E-state index in [0.717, 1.165) is 5.56 Å². The monoisotopic (exact) mass is 484 g/mol. The molecule has 2 aromatic carbocycles. The van der Waals surface area contributed by atoms with Gasteiger partial charge < -0.3 is 10.00 Å². The minimum atomic E-state index is -3.94. The van der Waals surface area contributed by atoms with E-state index in [1.807, 2.05) is 44.2 Å². The molecule has 0 saturated heterocycles. The number of ketones is 1. The van der Waals surface area contributed by atoms with Gasteiger partial charge in [-0.3, -0.25) is 14.2 Å². The molecule has 1 unspecified atom stereocenters. The maximum atomic E-state index is 13.6. The summed E-state index contributed by atoms with van der Waals surface area (Å²) in [6, 6.07) is 15.2. The quantitative estimate of drug-likeness (QED) is 0.309. The van der Waals surface area contributed by atoms with Crippen molar-refractivity contribution in [2.75, 3.05) is 12.3 Å². The van der Waals surface area contributed by atoms with Crippen molar-refractivity contribution in [3.8, 4) is 22.6 Å². The highest BCUT2D eigenvalue weighted by molar-refractivity contribution is 7.59. The van der Waals surface area contributed by atoms with Crippen LogP contribution in [0.5, 0.6) is 0 Å². The van der Waals surface area contributed by atoms with E-state index in [1.54, 1.807) is 12.1 Å². The Balaban J connectivity index is 2.05. The zero-order valence-electron chi connectivity index (χ0n) is 18.9. The number of carbonyl (C=O) groups is 2. The van der Waals surface area contributed by atoms with E-state index in [2.05, 4.69) is 0 Å². The Kier molecular flexibility index (Phi) is 8.07. The molecule has 1 aromatic heterocycles. The van der Waals surface area contributed by atoms with Crippen LogP contribution in [-0.4, -0.2) is 44.0 Å². The average Bonchev–Trinajstić information content (AvgIpc) is 2.77. The van der Waals surface area contributed by atoms with E-state index >= 15 is 0 Å². The predicted molar refractivity (Wildman–Crippen MR) is 127 cm³/mol. The number of halogens is 1. The number of aromatic nitrogens is 2. The van der Waals surface area contributed by atoms with Gasteiger partial charge in [-0.05, 0) is 36.6 Å². The SMILES string of the molecule is CC(C)c1nc(-c2ccccc2)nc(-c2ccc(F)cc2)c1CCP(=O)(O)CC(=O)CC(=O)O. The van der Waals surface area contributed by atoms with Gasteiger partial charge in [0.2, 0.25) is 7.37 Å². The summed E-state index contributed by atoms with van der Waals surface area (Å²) >= 11 is 0. The van der Waals surface area contributed by atoms with Crippen molar-refractivity contribution >= 4 is 19.1 Å². The Labute approximate surface area is 197 Å². The highest BCUT2D eigenvalue weighted by Crippen LogP contribution is 2.42. The number of aliphatic carboxylic acids is 1. The van der Waals surface area contributed by atoms with E-state index in [0.29, 0.717) is 28.3 Å². The van der Waals surface area contributed by atoms with Gasteiger partial charge in [-0.1, -0.05) is 44.2 Å². The number of Topliss-reactive ketones (excluding diaryl/α,β-unsaturated/α-hetero) is 1. The number of nitrogens with zero attached hydrogens (tertiary/aromatic N) is 2. The molecule has 3 rings (SSSR count). The molecule has 0 bridgehead atoms. The normalized spacial score (nSPS) is 13.0. The van der Waals surface area contributed by atoms with E-state index in [9.17, 15) is 23.4 Å². The summed E-state index contributed by atoms with van der Waals surface area (Å²) in [5.41, 5.74) is 3.28. The van der Waals surface area contributed by atoms with Crippen LogP contribution in [0.1, 0.15) is 37.4 Å². The number of hydrogen-bond acceptors (Lipinski definition) is 5. The fourth-order valence-electron chi connectivity index (χ4n) is 3.65. The molecule has 7 nitrogen and oxygen atoms in total. The highest BCUT2D eigenvalue weighted by Gasteiger charge is 2.26. The predicted octanol–water partition coefficient (Wildman–Crippen LogP) is 4.93. The van der Waals surface area contributed by atoms with Crippen LogP contribution in [-0.2, 0) is 20.6 Å². The summed E-state index contributed by atoms with van der Waals surface area (Å²) in [4.78, 5) is 42.4. The van der Waals surface area contributed by atoms with Gasteiger partial charge in [0.1, 0.15) is 12.2 Å². The number of carboxylic acid groups (broad SMARTS) is 1. The first-order chi connectivity index (χ1) is 16.1. The Bertz CT molecular complexity index is 1230. The first-order valence-electron chi connectivity index (χ1n) is 10.8. The molecular weight excluding hydrogens is 458 g/mol. The van der Waals surface area contributed by atoms with Crippen LogP contribution in [0.25, 0.3) is 22.6 Å². The van der Waals surface area contributed by atoms with Crippen molar-refractivity contribution < 1.29 is 28.5 Å². The molecule has 0 radical (unpaired) electrons. The van der Waals surface area contributed by atoms with Crippen LogP contribution in [0.4, 0.5) is 4.39 Å². The average molecular weight is 484 g/mol. The van der Waals surface area contributed by atoms with Crippen LogP contribution in [0.3, 0.4) is 0 Å². The second kappa shape index (κ2) is 10.8. The fraction of sp³-hybridized carbons (Fsp3) is 0.280. The van der Waals surface area contributed by atoms with Crippen molar-refractivity contribution in [1.82, 2.24) is 9.97 Å². The Hall–Kier alpha value is -3.22. The van der Waals surface area contributed by atoms with Gasteiger partial charge in [0.25, 0.3) is 0 Å². The smallest absolute Gasteiger partial charge is 0.310 e. The first-order valence-corrected chi connectivity index (χ1v) is 12.8. The molecule has 34 heavy (non-hydrogen) atoms. The number of carboxylic acids is 1. The van der Waals surface area contributed by atoms with Crippen LogP contribution in [0.2, 0.25) is 0 Å². The summed E-state index contributed by atoms with van der Waals surface area (Å²) in [6.07, 6.45) is -1.63. The van der Waals surface area contributed by atoms with Gasteiger partial charge in [-0.25, -0.2) is 14.4 Å². The van der Waals surface area contributed by atoms with Gasteiger partial charge in [-0.2, -0.15) is 0 Å². The lowest BCUT2D eigenvalue weighted by Gasteiger charge is -2.19. The van der Waals surface area contributed by atoms with Crippen LogP contribution < -0.4 is 0 Å². The van der Waals surface area contributed by atoms with E-state index in [4.69, 9.17) is 15.1 Å². The molecule has 0 aliphatic carbocycles. The van der Waals surface area contributed by atoms with Gasteiger partial charge in [0, 0.05) is 22.9 Å². The molecule has 0 amide bonds. The fourth-order valence-corrected chi connectivity index (χ4v) is 5.05. The molecular formula is C25H26FN2O5P. The van der Waals surface area contributed by atoms with Crippen molar-refractivity contribution in [3.63, 3.8) is 0 Å². The van der Waals surface area contributed by atoms with E-state index in [-0.39, 0.29) is 18.5 Å². The van der Waals surface area contributed by atoms with Crippen molar-refractivity contribution in [3.05, 3.63) is 71.7 Å². The topological polar surface area (TPSA) is 117 Å². The molecule has 2 N–H and O–H groups in total. The molecule has 3 aromatic rings. The molecule has 0 spiro atoms. The Morgan fingerprint density at radius 3 is 2.24 bits per heavy atom. The Morgan fingerprint density at radius 2 is 1.65 bits per heavy atom. The summed E-state index contributed by atoms with van der Waals surface area (Å²) in [5.74, 6) is -2.10. The third-order valence-corrected chi connectivity index (χ3v) is 6.99. The number of carbonyl (C=O) groups excluding carboxylic acids is 1. The summed E-state index contributed by atoms with van der Waals surface area (Å²) in [7, 11) is -3.94. The Morgan fingerprint density at radius 1 is 1.00 bits per heavy atom. The van der Waals surface area contributed by atoms with Crippen molar-refractivity contribution in [2.45, 2.75) is 32.6 Å². The number of rotatable bonds is 10. The molecule has 1 atom stereocenters. The molecule has 9 heteroatoms. The lowest BCUT2D eigenvalue weighted by molar-refractivity contribution is -0.139. The van der Waals surface area contributed by atoms with Crippen molar-refractivity contribution in [2.24, 2.45) is 0 Å². The zero-order valence-corrected chi connectivity index (χ0v) is 19.8. The molecule has 0 fully saturated rings. The zero-order chi connectivity index (χ0) is 24.9. The molecule has 178 valence electrons. The molecule has 0 aliphatic rings. The lowest BCUT2D eigenvalue weighted by atomic mass is 9.96. The third-order valence-electron chi connectivity index (χ3n) is 5.22. The van der Waals surface area contributed by atoms with Crippen LogP contribution >= 0.6 is 7.37 Å². The van der Waals surface area contributed by atoms with Gasteiger partial charge in [0.15, 0.2) is 11.6 Å².